The SMILES string of the molecule is CC(C)(C)OC(=O)N1[C@H]2CC[C@@H]1[C@H](F)[C@@H](Oc1cncc(Nc3cc(OC(F)F)n[nH]3)n1)C2. The lowest BCUT2D eigenvalue weighted by Crippen LogP contribution is -2.57. The van der Waals surface area contributed by atoms with E-state index in [0.29, 0.717) is 19.3 Å². The van der Waals surface area contributed by atoms with Gasteiger partial charge >= 0.3 is 12.7 Å². The minimum Gasteiger partial charge on any atom is -0.470 e. The molecule has 0 spiro atoms. The molecule has 2 aliphatic rings. The van der Waals surface area contributed by atoms with Crippen LogP contribution in [0, 0.1) is 0 Å². The Bertz CT molecular complexity index is 985. The standard InChI is InChI=1S/C20H25F3N6O4/c1-20(2,3)33-19(30)29-10-4-5-11(29)17(21)12(6-10)31-16-9-24-8-14(26-16)25-13-7-15(28-27-13)32-18(22)23/h7-12,17-18H,4-6H2,1-3H3,(H2,25,26,27,28)/t10-,11+,12-,17-/m0/s1. The topological polar surface area (TPSA) is 114 Å². The van der Waals surface area contributed by atoms with Crippen molar-refractivity contribution in [3.63, 3.8) is 0 Å². The normalized spacial score (nSPS) is 24.6. The largest absolute Gasteiger partial charge is 0.470 e. The maximum absolute atomic E-state index is 15.3. The summed E-state index contributed by atoms with van der Waals surface area (Å²) in [5.74, 6) is 0.259. The Balaban J connectivity index is 1.40. The van der Waals surface area contributed by atoms with E-state index in [9.17, 15) is 13.6 Å². The van der Waals surface area contributed by atoms with E-state index < -0.39 is 36.6 Å². The van der Waals surface area contributed by atoms with E-state index >= 15 is 4.39 Å². The highest BCUT2D eigenvalue weighted by atomic mass is 19.3. The fourth-order valence-corrected chi connectivity index (χ4v) is 4.09. The second-order valence-corrected chi connectivity index (χ2v) is 8.89. The third kappa shape index (κ3) is 5.40. The average molecular weight is 470 g/mol. The summed E-state index contributed by atoms with van der Waals surface area (Å²) in [4.78, 5) is 22.3. The number of rotatable bonds is 6. The second-order valence-electron chi connectivity index (χ2n) is 8.89. The number of fused-ring (bicyclic) bond motifs is 2. The molecule has 4 rings (SSSR count). The monoisotopic (exact) mass is 470 g/mol. The molecule has 4 heterocycles. The van der Waals surface area contributed by atoms with E-state index in [1.165, 1.54) is 23.4 Å². The van der Waals surface area contributed by atoms with Crippen LogP contribution >= 0.6 is 0 Å². The van der Waals surface area contributed by atoms with Crippen LogP contribution in [0.4, 0.5) is 29.6 Å². The van der Waals surface area contributed by atoms with Gasteiger partial charge in [0, 0.05) is 18.5 Å². The maximum Gasteiger partial charge on any atom is 0.410 e. The van der Waals surface area contributed by atoms with Gasteiger partial charge in [0.25, 0.3) is 0 Å². The van der Waals surface area contributed by atoms with Crippen molar-refractivity contribution >= 4 is 17.7 Å². The number of aromatic nitrogens is 4. The van der Waals surface area contributed by atoms with Crippen LogP contribution in [0.15, 0.2) is 18.5 Å². The number of anilines is 2. The molecular weight excluding hydrogens is 445 g/mol. The van der Waals surface area contributed by atoms with Gasteiger partial charge in [-0.25, -0.2) is 9.18 Å². The number of nitrogens with one attached hydrogen (secondary N) is 2. The minimum atomic E-state index is -3.00. The van der Waals surface area contributed by atoms with Gasteiger partial charge in [-0.15, -0.1) is 5.10 Å². The molecule has 0 radical (unpaired) electrons. The predicted octanol–water partition coefficient (Wildman–Crippen LogP) is 3.80. The number of alkyl halides is 3. The van der Waals surface area contributed by atoms with Crippen molar-refractivity contribution in [1.29, 1.82) is 0 Å². The molecule has 13 heteroatoms. The Hall–Kier alpha value is -3.25. The molecule has 0 aliphatic carbocycles. The zero-order valence-electron chi connectivity index (χ0n) is 18.3. The first-order valence-electron chi connectivity index (χ1n) is 10.5. The van der Waals surface area contributed by atoms with E-state index in [4.69, 9.17) is 9.47 Å². The summed E-state index contributed by atoms with van der Waals surface area (Å²) in [6.07, 6.45) is 1.48. The molecular formula is C20H25F3N6O4. The summed E-state index contributed by atoms with van der Waals surface area (Å²) >= 11 is 0. The van der Waals surface area contributed by atoms with Crippen LogP contribution in [-0.2, 0) is 4.74 Å². The third-order valence-corrected chi connectivity index (χ3v) is 5.29. The first-order valence-corrected chi connectivity index (χ1v) is 10.5. The van der Waals surface area contributed by atoms with E-state index in [2.05, 4.69) is 30.2 Å². The average Bonchev–Trinajstić information content (AvgIpc) is 3.28. The van der Waals surface area contributed by atoms with Gasteiger partial charge in [0.2, 0.25) is 11.8 Å². The molecule has 4 atom stereocenters. The Morgan fingerprint density at radius 3 is 2.79 bits per heavy atom. The van der Waals surface area contributed by atoms with Gasteiger partial charge in [-0.3, -0.25) is 15.0 Å². The van der Waals surface area contributed by atoms with Gasteiger partial charge in [-0.1, -0.05) is 0 Å². The minimum absolute atomic E-state index is 0.0846. The molecule has 33 heavy (non-hydrogen) atoms. The highest BCUT2D eigenvalue weighted by Gasteiger charge is 2.52. The molecule has 2 aromatic heterocycles. The lowest BCUT2D eigenvalue weighted by Gasteiger charge is -2.41. The Morgan fingerprint density at radius 2 is 2.06 bits per heavy atom. The molecule has 180 valence electrons. The molecule has 1 amide bonds. The summed E-state index contributed by atoms with van der Waals surface area (Å²) in [6.45, 7) is 2.31. The molecule has 2 bridgehead atoms. The number of piperidine rings is 1. The molecule has 0 saturated carbocycles. The van der Waals surface area contributed by atoms with Crippen LogP contribution in [0.25, 0.3) is 0 Å². The van der Waals surface area contributed by atoms with E-state index in [0.717, 1.165) is 0 Å². The van der Waals surface area contributed by atoms with Gasteiger partial charge in [0.05, 0.1) is 18.4 Å². The van der Waals surface area contributed by atoms with Crippen LogP contribution in [0.1, 0.15) is 40.0 Å². The van der Waals surface area contributed by atoms with Crippen molar-refractivity contribution in [2.24, 2.45) is 0 Å². The van der Waals surface area contributed by atoms with E-state index in [1.54, 1.807) is 20.8 Å². The summed E-state index contributed by atoms with van der Waals surface area (Å²) < 4.78 is 55.3. The zero-order chi connectivity index (χ0) is 23.8. The maximum atomic E-state index is 15.3. The van der Waals surface area contributed by atoms with Crippen molar-refractivity contribution in [2.45, 2.75) is 76.6 Å². The quantitative estimate of drug-likeness (QED) is 0.655. The number of halogens is 3. The molecule has 0 aromatic carbocycles. The summed E-state index contributed by atoms with van der Waals surface area (Å²) in [5, 5.41) is 8.87. The van der Waals surface area contributed by atoms with E-state index in [-0.39, 0.29) is 29.4 Å². The number of H-pyrrole nitrogens is 1. The Kier molecular flexibility index (Phi) is 6.21. The smallest absolute Gasteiger partial charge is 0.410 e. The number of hydrogen-bond acceptors (Lipinski definition) is 8. The van der Waals surface area contributed by atoms with Crippen molar-refractivity contribution in [2.75, 3.05) is 5.32 Å². The number of nitrogens with zero attached hydrogens (tertiary/aromatic N) is 4. The molecule has 10 nitrogen and oxygen atoms in total. The first-order chi connectivity index (χ1) is 15.6. The second kappa shape index (κ2) is 8.94. The lowest BCUT2D eigenvalue weighted by atomic mass is 9.98. The summed E-state index contributed by atoms with van der Waals surface area (Å²) in [7, 11) is 0. The van der Waals surface area contributed by atoms with Gasteiger partial charge in [0.1, 0.15) is 17.5 Å². The fourth-order valence-electron chi connectivity index (χ4n) is 4.09. The highest BCUT2D eigenvalue weighted by Crippen LogP contribution is 2.39. The highest BCUT2D eigenvalue weighted by molar-refractivity contribution is 5.70. The van der Waals surface area contributed by atoms with Crippen molar-refractivity contribution in [3.05, 3.63) is 18.5 Å². The molecule has 2 saturated heterocycles. The van der Waals surface area contributed by atoms with Crippen molar-refractivity contribution < 1.29 is 32.2 Å². The van der Waals surface area contributed by atoms with Crippen LogP contribution in [-0.4, -0.2) is 67.7 Å². The molecule has 0 unspecified atom stereocenters. The number of ether oxygens (including phenoxy) is 3. The number of carbonyl (C=O) groups is 1. The van der Waals surface area contributed by atoms with E-state index in [1.807, 2.05) is 0 Å². The van der Waals surface area contributed by atoms with Gasteiger partial charge in [-0.2, -0.15) is 13.8 Å². The fraction of sp³-hybridized carbons (Fsp3) is 0.600. The molecule has 2 N–H and O–H groups in total. The molecule has 2 fully saturated rings. The van der Waals surface area contributed by atoms with Gasteiger partial charge in [0.15, 0.2) is 12.0 Å². The van der Waals surface area contributed by atoms with Gasteiger partial charge < -0.3 is 19.5 Å². The van der Waals surface area contributed by atoms with Crippen LogP contribution in [0.2, 0.25) is 0 Å². The zero-order valence-corrected chi connectivity index (χ0v) is 18.3. The number of carbonyl (C=O) groups excluding carboxylic acids is 1. The third-order valence-electron chi connectivity index (χ3n) is 5.29. The predicted molar refractivity (Wildman–Crippen MR) is 109 cm³/mol. The van der Waals surface area contributed by atoms with Crippen LogP contribution < -0.4 is 14.8 Å². The number of hydrogen-bond donors (Lipinski definition) is 2. The Morgan fingerprint density at radius 1 is 1.27 bits per heavy atom. The Labute approximate surface area is 187 Å². The summed E-state index contributed by atoms with van der Waals surface area (Å²) in [5.41, 5.74) is -0.667. The van der Waals surface area contributed by atoms with Crippen molar-refractivity contribution in [1.82, 2.24) is 25.1 Å². The number of aromatic amines is 1. The molecule has 2 aromatic rings. The summed E-state index contributed by atoms with van der Waals surface area (Å²) in [6, 6.07) is 0.411. The van der Waals surface area contributed by atoms with Crippen molar-refractivity contribution in [3.8, 4) is 11.8 Å². The number of amides is 1. The first kappa shape index (κ1) is 22.9. The van der Waals surface area contributed by atoms with Crippen LogP contribution in [0.5, 0.6) is 11.8 Å². The van der Waals surface area contributed by atoms with Crippen LogP contribution in [0.3, 0.4) is 0 Å². The van der Waals surface area contributed by atoms with Gasteiger partial charge in [-0.05, 0) is 33.6 Å². The lowest BCUT2D eigenvalue weighted by molar-refractivity contribution is -0.0529. The molecule has 2 aliphatic heterocycles.